The Morgan fingerprint density at radius 3 is 2.52 bits per heavy atom. The fourth-order valence-corrected chi connectivity index (χ4v) is 7.69. The van der Waals surface area contributed by atoms with Crippen molar-refractivity contribution >= 4 is 23.0 Å². The fourth-order valence-electron chi connectivity index (χ4n) is 7.69. The van der Waals surface area contributed by atoms with Gasteiger partial charge in [-0.15, -0.1) is 5.10 Å². The molecule has 54 heavy (non-hydrogen) atoms. The minimum absolute atomic E-state index is 0.0524. The van der Waals surface area contributed by atoms with Gasteiger partial charge in [0, 0.05) is 91.7 Å². The second kappa shape index (κ2) is 18.4. The highest BCUT2D eigenvalue weighted by Crippen LogP contribution is 2.47. The lowest BCUT2D eigenvalue weighted by Crippen LogP contribution is -2.28. The van der Waals surface area contributed by atoms with Crippen molar-refractivity contribution in [3.05, 3.63) is 117 Å². The van der Waals surface area contributed by atoms with Gasteiger partial charge in [-0.05, 0) is 89.2 Å². The van der Waals surface area contributed by atoms with Crippen LogP contribution in [0.1, 0.15) is 94.2 Å². The van der Waals surface area contributed by atoms with Gasteiger partial charge in [0.25, 0.3) is 0 Å². The molecule has 5 rings (SSSR count). The first-order valence-corrected chi connectivity index (χ1v) is 19.5. The summed E-state index contributed by atoms with van der Waals surface area (Å²) >= 11 is 0. The van der Waals surface area contributed by atoms with Crippen LogP contribution in [-0.4, -0.2) is 64.4 Å². The maximum atomic E-state index is 12.6. The standard InChI is InChI=1S/C43H58N10O/c1-32-19-21-37-35(28-32)42(3,4)39(51(37)7)16-10-8-11-17-40-43(5,6)36-29-33(2)20-22-38(36)53(40)27-13-9-12-18-41(54)46-24-15-26-52-31-34(48-50-52)30-45-23-14-25-47-49-44/h8,10-11,16-17,19-22,28-29,31,45H,9,12-15,18,23-27,30H2,1-7H3/p+1. The number of aromatic nitrogens is 3. The Kier molecular flexibility index (Phi) is 13.7. The number of azide groups is 1. The van der Waals surface area contributed by atoms with Gasteiger partial charge in [-0.3, -0.25) is 9.48 Å². The van der Waals surface area contributed by atoms with Crippen LogP contribution < -0.4 is 15.5 Å². The molecular weight excluding hydrogens is 673 g/mol. The van der Waals surface area contributed by atoms with Crippen LogP contribution in [0.2, 0.25) is 0 Å². The Labute approximate surface area is 321 Å². The van der Waals surface area contributed by atoms with E-state index in [-0.39, 0.29) is 16.7 Å². The molecule has 11 heteroatoms. The molecule has 0 atom stereocenters. The lowest BCUT2D eigenvalue weighted by atomic mass is 9.81. The number of likely N-dealkylation sites (N-methyl/N-ethyl adjacent to an activating group) is 1. The molecular formula is C43H59N10O+. The van der Waals surface area contributed by atoms with Crippen molar-refractivity contribution in [1.82, 2.24) is 25.6 Å². The molecule has 2 aromatic carbocycles. The predicted octanol–water partition coefficient (Wildman–Crippen LogP) is 8.25. The molecule has 0 spiro atoms. The summed E-state index contributed by atoms with van der Waals surface area (Å²) in [5.41, 5.74) is 19.5. The largest absolute Gasteiger partial charge is 0.356 e. The van der Waals surface area contributed by atoms with Crippen LogP contribution in [0, 0.1) is 13.8 Å². The monoisotopic (exact) mass is 731 g/mol. The van der Waals surface area contributed by atoms with Gasteiger partial charge in [-0.2, -0.15) is 4.58 Å². The number of hydrogen-bond donors (Lipinski definition) is 2. The van der Waals surface area contributed by atoms with E-state index in [1.165, 1.54) is 45.0 Å². The van der Waals surface area contributed by atoms with Crippen molar-refractivity contribution in [2.24, 2.45) is 5.11 Å². The van der Waals surface area contributed by atoms with E-state index in [4.69, 9.17) is 5.53 Å². The highest BCUT2D eigenvalue weighted by Gasteiger charge is 2.44. The average Bonchev–Trinajstić information content (AvgIpc) is 3.73. The molecule has 1 aromatic heterocycles. The van der Waals surface area contributed by atoms with Crippen molar-refractivity contribution < 1.29 is 9.37 Å². The Morgan fingerprint density at radius 1 is 0.944 bits per heavy atom. The number of anilines is 1. The third kappa shape index (κ3) is 9.75. The Bertz CT molecular complexity index is 1960. The van der Waals surface area contributed by atoms with Gasteiger partial charge in [0.15, 0.2) is 5.71 Å². The third-order valence-corrected chi connectivity index (χ3v) is 10.7. The number of unbranched alkanes of at least 4 members (excludes halogenated alkanes) is 2. The molecule has 3 aromatic rings. The minimum Gasteiger partial charge on any atom is -0.356 e. The summed E-state index contributed by atoms with van der Waals surface area (Å²) in [5, 5.41) is 18.2. The normalized spacial score (nSPS) is 16.4. The number of fused-ring (bicyclic) bond motifs is 2. The lowest BCUT2D eigenvalue weighted by molar-refractivity contribution is -0.438. The minimum atomic E-state index is -0.114. The van der Waals surface area contributed by atoms with E-state index in [0.717, 1.165) is 50.9 Å². The number of carbonyl (C=O) groups excluding carboxylic acids is 1. The first-order valence-electron chi connectivity index (χ1n) is 19.5. The molecule has 2 aliphatic heterocycles. The molecule has 286 valence electrons. The topological polar surface area (TPSA) is 127 Å². The molecule has 0 aliphatic carbocycles. The highest BCUT2D eigenvalue weighted by atomic mass is 16.1. The Morgan fingerprint density at radius 2 is 1.72 bits per heavy atom. The molecule has 0 saturated carbocycles. The molecule has 1 amide bonds. The molecule has 2 aliphatic rings. The molecule has 3 heterocycles. The zero-order valence-electron chi connectivity index (χ0n) is 33.4. The van der Waals surface area contributed by atoms with E-state index in [9.17, 15) is 4.79 Å². The van der Waals surface area contributed by atoms with Crippen LogP contribution >= 0.6 is 0 Å². The number of nitrogens with zero attached hydrogens (tertiary/aromatic N) is 8. The number of hydrogen-bond acceptors (Lipinski definition) is 6. The smallest absolute Gasteiger partial charge is 0.219 e. The predicted molar refractivity (Wildman–Crippen MR) is 219 cm³/mol. The van der Waals surface area contributed by atoms with Gasteiger partial charge >= 0.3 is 0 Å². The van der Waals surface area contributed by atoms with Crippen LogP contribution in [0.25, 0.3) is 10.4 Å². The van der Waals surface area contributed by atoms with Crippen LogP contribution in [0.5, 0.6) is 0 Å². The number of allylic oxidation sites excluding steroid dienone is 6. The van der Waals surface area contributed by atoms with Crippen molar-refractivity contribution in [3.63, 3.8) is 0 Å². The molecule has 0 unspecified atom stereocenters. The number of amides is 1. The van der Waals surface area contributed by atoms with Crippen LogP contribution in [0.3, 0.4) is 0 Å². The summed E-state index contributed by atoms with van der Waals surface area (Å²) in [6, 6.07) is 13.6. The van der Waals surface area contributed by atoms with Gasteiger partial charge in [0.2, 0.25) is 11.6 Å². The summed E-state index contributed by atoms with van der Waals surface area (Å²) in [4.78, 5) is 17.7. The number of carbonyl (C=O) groups is 1. The number of rotatable bonds is 19. The summed E-state index contributed by atoms with van der Waals surface area (Å²) < 4.78 is 4.30. The average molecular weight is 732 g/mol. The molecule has 0 saturated heterocycles. The van der Waals surface area contributed by atoms with Crippen molar-refractivity contribution in [1.29, 1.82) is 0 Å². The van der Waals surface area contributed by atoms with E-state index in [1.54, 1.807) is 0 Å². The van der Waals surface area contributed by atoms with Gasteiger partial charge in [-0.25, -0.2) is 0 Å². The van der Waals surface area contributed by atoms with Gasteiger partial charge < -0.3 is 15.5 Å². The van der Waals surface area contributed by atoms with E-state index in [0.29, 0.717) is 32.6 Å². The van der Waals surface area contributed by atoms with Crippen LogP contribution in [0.4, 0.5) is 11.4 Å². The maximum Gasteiger partial charge on any atom is 0.219 e. The number of benzene rings is 2. The fraction of sp³-hybridized carbons (Fsp3) is 0.488. The summed E-state index contributed by atoms with van der Waals surface area (Å²) in [6.45, 7) is 17.7. The van der Waals surface area contributed by atoms with E-state index >= 15 is 0 Å². The van der Waals surface area contributed by atoms with Crippen molar-refractivity contribution in [2.75, 3.05) is 38.1 Å². The molecule has 11 nitrogen and oxygen atoms in total. The SMILES string of the molecule is Cc1ccc2c(c1)C(C)(C)C(/C=C/C=C/C=C1/N(C)c3ccc(C)cc3C1(C)C)=[N+]2CCCCCC(=O)NCCCn1cc(CNCCCN=[N+]=[N-])nn1. The summed E-state index contributed by atoms with van der Waals surface area (Å²) in [5.74, 6) is 0.102. The molecule has 2 N–H and O–H groups in total. The van der Waals surface area contributed by atoms with E-state index in [2.05, 4.69) is 156 Å². The molecule has 0 radical (unpaired) electrons. The lowest BCUT2D eigenvalue weighted by Gasteiger charge is -2.23. The number of nitrogens with one attached hydrogen (secondary N) is 2. The maximum absolute atomic E-state index is 12.6. The number of aryl methyl sites for hydroxylation is 3. The zero-order valence-corrected chi connectivity index (χ0v) is 33.4. The summed E-state index contributed by atoms with van der Waals surface area (Å²) in [6.07, 6.45) is 17.9. The first-order chi connectivity index (χ1) is 25.9. The quantitative estimate of drug-likeness (QED) is 0.0321. The second-order valence-corrected chi connectivity index (χ2v) is 15.7. The Hall–Kier alpha value is -4.99. The second-order valence-electron chi connectivity index (χ2n) is 15.7. The van der Waals surface area contributed by atoms with Crippen molar-refractivity contribution in [3.8, 4) is 0 Å². The van der Waals surface area contributed by atoms with Gasteiger partial charge in [0.1, 0.15) is 6.54 Å². The first kappa shape index (κ1) is 40.2. The van der Waals surface area contributed by atoms with Crippen molar-refractivity contribution in [2.45, 2.75) is 104 Å². The van der Waals surface area contributed by atoms with Gasteiger partial charge in [-0.1, -0.05) is 71.7 Å². The summed E-state index contributed by atoms with van der Waals surface area (Å²) in [7, 11) is 2.16. The Balaban J connectivity index is 1.09. The zero-order chi connectivity index (χ0) is 38.7. The van der Waals surface area contributed by atoms with Gasteiger partial charge in [0.05, 0.1) is 11.1 Å². The van der Waals surface area contributed by atoms with Crippen LogP contribution in [-0.2, 0) is 28.7 Å². The van der Waals surface area contributed by atoms with Crippen LogP contribution in [0.15, 0.2) is 83.8 Å². The molecule has 0 bridgehead atoms. The third-order valence-electron chi connectivity index (χ3n) is 10.7. The molecule has 0 fully saturated rings. The van der Waals surface area contributed by atoms with E-state index < -0.39 is 0 Å². The highest BCUT2D eigenvalue weighted by molar-refractivity contribution is 6.03. The van der Waals surface area contributed by atoms with E-state index in [1.807, 2.05) is 10.9 Å².